The van der Waals surface area contributed by atoms with Crippen LogP contribution in [0.5, 0.6) is 5.75 Å². The molecule has 0 fully saturated rings. The number of aliphatic imine (C=N–C) groups is 1. The van der Waals surface area contributed by atoms with Crippen molar-refractivity contribution in [3.8, 4) is 5.75 Å². The summed E-state index contributed by atoms with van der Waals surface area (Å²) in [6.45, 7) is 5.85. The van der Waals surface area contributed by atoms with Crippen LogP contribution in [-0.4, -0.2) is 43.2 Å². The van der Waals surface area contributed by atoms with E-state index in [1.165, 1.54) is 0 Å². The molecule has 0 aromatic heterocycles. The maximum Gasteiger partial charge on any atom is 0.257 e. The number of benzene rings is 1. The van der Waals surface area contributed by atoms with Crippen LogP contribution in [0.15, 0.2) is 29.3 Å². The van der Waals surface area contributed by atoms with Crippen molar-refractivity contribution in [2.24, 2.45) is 4.99 Å². The Morgan fingerprint density at radius 1 is 1.21 bits per heavy atom. The van der Waals surface area contributed by atoms with E-state index in [2.05, 4.69) is 15.6 Å². The van der Waals surface area contributed by atoms with Gasteiger partial charge >= 0.3 is 0 Å². The topological polar surface area (TPSA) is 65.9 Å². The first-order valence-electron chi connectivity index (χ1n) is 7.67. The van der Waals surface area contributed by atoms with E-state index in [9.17, 15) is 13.9 Å². The molecule has 1 unspecified atom stereocenters. The maximum absolute atomic E-state index is 12.2. The number of aliphatic hydroxyl groups is 1. The molecule has 1 atom stereocenters. The van der Waals surface area contributed by atoms with Crippen LogP contribution in [0.25, 0.3) is 0 Å². The third kappa shape index (κ3) is 9.21. The summed E-state index contributed by atoms with van der Waals surface area (Å²) in [7, 11) is 0. The first-order chi connectivity index (χ1) is 10.9. The van der Waals surface area contributed by atoms with Gasteiger partial charge in [-0.15, -0.1) is 24.0 Å². The Hall–Kier alpha value is -1.16. The Morgan fingerprint density at radius 3 is 2.33 bits per heavy atom. The third-order valence-electron chi connectivity index (χ3n) is 2.83. The van der Waals surface area contributed by atoms with Crippen LogP contribution in [-0.2, 0) is 0 Å². The zero-order valence-corrected chi connectivity index (χ0v) is 16.5. The molecule has 0 aliphatic carbocycles. The number of ether oxygens (including phenoxy) is 1. The van der Waals surface area contributed by atoms with Gasteiger partial charge in [-0.3, -0.25) is 0 Å². The predicted molar refractivity (Wildman–Crippen MR) is 103 cm³/mol. The fourth-order valence-electron chi connectivity index (χ4n) is 1.85. The van der Waals surface area contributed by atoms with Gasteiger partial charge in [0.2, 0.25) is 0 Å². The maximum atomic E-state index is 12.2. The molecule has 0 saturated carbocycles. The average molecular weight is 457 g/mol. The third-order valence-corrected chi connectivity index (χ3v) is 2.83. The van der Waals surface area contributed by atoms with Gasteiger partial charge in [-0.25, -0.2) is 13.8 Å². The number of halogens is 3. The van der Waals surface area contributed by atoms with Gasteiger partial charge in [0.05, 0.1) is 12.2 Å². The van der Waals surface area contributed by atoms with Crippen molar-refractivity contribution < 1.29 is 18.6 Å². The molecule has 0 radical (unpaired) electrons. The van der Waals surface area contributed by atoms with Gasteiger partial charge < -0.3 is 20.5 Å². The molecule has 0 amide bonds. The molecule has 0 heterocycles. The second-order valence-corrected chi connectivity index (χ2v) is 5.24. The van der Waals surface area contributed by atoms with Crippen molar-refractivity contribution in [1.82, 2.24) is 10.6 Å². The van der Waals surface area contributed by atoms with Gasteiger partial charge in [-0.1, -0.05) is 12.1 Å². The quantitative estimate of drug-likeness (QED) is 0.319. The summed E-state index contributed by atoms with van der Waals surface area (Å²) in [6, 6.07) is 7.11. The predicted octanol–water partition coefficient (Wildman–Crippen LogP) is 2.95. The lowest BCUT2D eigenvalue weighted by atomic mass is 10.1. The Labute approximate surface area is 158 Å². The molecule has 138 valence electrons. The highest BCUT2D eigenvalue weighted by Gasteiger charge is 2.10. The minimum Gasteiger partial charge on any atom is -0.491 e. The number of nitrogens with zero attached hydrogens (tertiary/aromatic N) is 1. The minimum absolute atomic E-state index is 0. The standard InChI is InChI=1S/C16H25F2N3O2.HI/c1-4-19-16(21-10-15(17)18)20-9-14(22)12-5-7-13(8-6-12)23-11(2)3;/h5-8,11,14-15,22H,4,9-10H2,1-3H3,(H2,19,20,21);1H. The van der Waals surface area contributed by atoms with Gasteiger partial charge in [0.25, 0.3) is 6.43 Å². The Morgan fingerprint density at radius 2 is 1.83 bits per heavy atom. The van der Waals surface area contributed by atoms with Crippen LogP contribution in [0.4, 0.5) is 8.78 Å². The summed E-state index contributed by atoms with van der Waals surface area (Å²) in [4.78, 5) is 3.74. The summed E-state index contributed by atoms with van der Waals surface area (Å²) in [5.41, 5.74) is 0.707. The lowest BCUT2D eigenvalue weighted by Gasteiger charge is -2.16. The van der Waals surface area contributed by atoms with Crippen molar-refractivity contribution >= 4 is 29.9 Å². The molecule has 0 aliphatic heterocycles. The van der Waals surface area contributed by atoms with E-state index in [0.717, 1.165) is 5.75 Å². The molecule has 8 heteroatoms. The van der Waals surface area contributed by atoms with Crippen LogP contribution in [0.1, 0.15) is 32.4 Å². The number of hydrogen-bond donors (Lipinski definition) is 3. The molecular formula is C16H26F2IN3O2. The lowest BCUT2D eigenvalue weighted by Crippen LogP contribution is -2.39. The smallest absolute Gasteiger partial charge is 0.257 e. The molecule has 1 rings (SSSR count). The van der Waals surface area contributed by atoms with E-state index in [4.69, 9.17) is 4.74 Å². The van der Waals surface area contributed by atoms with Crippen LogP contribution < -0.4 is 15.4 Å². The number of aliphatic hydroxyl groups excluding tert-OH is 1. The largest absolute Gasteiger partial charge is 0.491 e. The zero-order chi connectivity index (χ0) is 17.2. The van der Waals surface area contributed by atoms with E-state index in [1.54, 1.807) is 24.3 Å². The van der Waals surface area contributed by atoms with Crippen LogP contribution in [0.3, 0.4) is 0 Å². The molecule has 0 spiro atoms. The van der Waals surface area contributed by atoms with Gasteiger partial charge in [0.1, 0.15) is 12.3 Å². The number of alkyl halides is 2. The van der Waals surface area contributed by atoms with Crippen molar-refractivity contribution in [2.75, 3.05) is 19.6 Å². The van der Waals surface area contributed by atoms with E-state index >= 15 is 0 Å². The molecule has 5 nitrogen and oxygen atoms in total. The van der Waals surface area contributed by atoms with Crippen LogP contribution in [0.2, 0.25) is 0 Å². The number of hydrogen-bond acceptors (Lipinski definition) is 3. The Bertz CT molecular complexity index is 485. The van der Waals surface area contributed by atoms with Crippen LogP contribution >= 0.6 is 24.0 Å². The summed E-state index contributed by atoms with van der Waals surface area (Å²) < 4.78 is 29.9. The second kappa shape index (κ2) is 12.2. The van der Waals surface area contributed by atoms with Crippen molar-refractivity contribution in [2.45, 2.75) is 39.4 Å². The second-order valence-electron chi connectivity index (χ2n) is 5.24. The molecule has 1 aromatic rings. The molecule has 0 bridgehead atoms. The van der Waals surface area contributed by atoms with Gasteiger partial charge in [0, 0.05) is 13.1 Å². The minimum atomic E-state index is -2.50. The highest BCUT2D eigenvalue weighted by Crippen LogP contribution is 2.18. The van der Waals surface area contributed by atoms with E-state index < -0.39 is 19.1 Å². The lowest BCUT2D eigenvalue weighted by molar-refractivity contribution is 0.158. The number of guanidine groups is 1. The monoisotopic (exact) mass is 457 g/mol. The number of nitrogens with one attached hydrogen (secondary N) is 2. The molecule has 0 saturated heterocycles. The van der Waals surface area contributed by atoms with Gasteiger partial charge in [-0.05, 0) is 38.5 Å². The normalized spacial score (nSPS) is 12.8. The first-order valence-corrected chi connectivity index (χ1v) is 7.67. The Balaban J connectivity index is 0.00000529. The Kier molecular flexibility index (Phi) is 11.6. The number of rotatable bonds is 8. The van der Waals surface area contributed by atoms with Crippen molar-refractivity contribution in [3.05, 3.63) is 29.8 Å². The van der Waals surface area contributed by atoms with Crippen molar-refractivity contribution in [3.63, 3.8) is 0 Å². The van der Waals surface area contributed by atoms with Crippen LogP contribution in [0, 0.1) is 0 Å². The van der Waals surface area contributed by atoms with E-state index in [-0.39, 0.29) is 42.6 Å². The molecule has 1 aromatic carbocycles. The van der Waals surface area contributed by atoms with E-state index in [1.807, 2.05) is 20.8 Å². The molecule has 0 aliphatic rings. The average Bonchev–Trinajstić information content (AvgIpc) is 2.49. The van der Waals surface area contributed by atoms with E-state index in [0.29, 0.717) is 12.1 Å². The summed E-state index contributed by atoms with van der Waals surface area (Å²) in [5.74, 6) is 0.988. The van der Waals surface area contributed by atoms with Crippen molar-refractivity contribution in [1.29, 1.82) is 0 Å². The molecule has 24 heavy (non-hydrogen) atoms. The molecular weight excluding hydrogens is 431 g/mol. The summed E-state index contributed by atoms with van der Waals surface area (Å²) in [5, 5.41) is 15.8. The van der Waals surface area contributed by atoms with Gasteiger partial charge in [0.15, 0.2) is 5.96 Å². The first kappa shape index (κ1) is 22.8. The fourth-order valence-corrected chi connectivity index (χ4v) is 1.85. The zero-order valence-electron chi connectivity index (χ0n) is 14.1. The van der Waals surface area contributed by atoms with Gasteiger partial charge in [-0.2, -0.15) is 0 Å². The summed E-state index contributed by atoms with van der Waals surface area (Å²) >= 11 is 0. The SMILES string of the molecule is CCNC(=NCC(F)F)NCC(O)c1ccc(OC(C)C)cc1.I. The molecule has 3 N–H and O–H groups in total. The summed E-state index contributed by atoms with van der Waals surface area (Å²) in [6.07, 6.45) is -3.19. The highest BCUT2D eigenvalue weighted by molar-refractivity contribution is 14.0. The highest BCUT2D eigenvalue weighted by atomic mass is 127. The fraction of sp³-hybridized carbons (Fsp3) is 0.562.